The van der Waals surface area contributed by atoms with E-state index in [1.165, 1.54) is 6.07 Å². The molecule has 0 aromatic heterocycles. The summed E-state index contributed by atoms with van der Waals surface area (Å²) in [7, 11) is 5.87. The third-order valence-corrected chi connectivity index (χ3v) is 5.36. The molecule has 2 atom stereocenters. The van der Waals surface area contributed by atoms with E-state index in [9.17, 15) is 23.2 Å². The lowest BCUT2D eigenvalue weighted by atomic mass is 9.88. The van der Waals surface area contributed by atoms with Crippen LogP contribution in [0, 0.1) is 0 Å². The molecule has 0 heterocycles. The van der Waals surface area contributed by atoms with Crippen molar-refractivity contribution in [3.63, 3.8) is 0 Å². The Morgan fingerprint density at radius 1 is 1.05 bits per heavy atom. The zero-order chi connectivity index (χ0) is 29.2. The Labute approximate surface area is 229 Å². The number of benzene rings is 2. The summed E-state index contributed by atoms with van der Waals surface area (Å²) in [5, 5.41) is 5.49. The fraction of sp³-hybridized carbons (Fsp3) is 0.464. The van der Waals surface area contributed by atoms with Crippen molar-refractivity contribution in [1.29, 1.82) is 0 Å². The zero-order valence-electron chi connectivity index (χ0n) is 22.9. The van der Waals surface area contributed by atoms with Gasteiger partial charge in [0.25, 0.3) is 6.43 Å². The molecular formula is C28H35BF2N2O6. The first-order chi connectivity index (χ1) is 18.3. The predicted octanol–water partition coefficient (Wildman–Crippen LogP) is 4.78. The molecule has 0 fully saturated rings. The number of rotatable bonds is 12. The SMILES string of the molecule is [B]c1ccc(OCC(F)F)c([C@H](C)CC(=O)Nc2cccc([C@@H](CC(=O)OCC)NC(=O)OC(C)(C)C)c2)c1. The van der Waals surface area contributed by atoms with Gasteiger partial charge in [0.15, 0.2) is 0 Å². The van der Waals surface area contributed by atoms with Crippen LogP contribution < -0.4 is 20.8 Å². The van der Waals surface area contributed by atoms with Crippen molar-refractivity contribution >= 4 is 37.0 Å². The van der Waals surface area contributed by atoms with Gasteiger partial charge in [-0.2, -0.15) is 0 Å². The molecule has 0 saturated heterocycles. The molecule has 210 valence electrons. The van der Waals surface area contributed by atoms with Gasteiger partial charge in [0, 0.05) is 12.1 Å². The van der Waals surface area contributed by atoms with E-state index in [4.69, 9.17) is 22.1 Å². The van der Waals surface area contributed by atoms with Crippen molar-refractivity contribution < 1.29 is 37.4 Å². The third-order valence-electron chi connectivity index (χ3n) is 5.36. The van der Waals surface area contributed by atoms with E-state index in [0.29, 0.717) is 22.3 Å². The molecular weight excluding hydrogens is 509 g/mol. The van der Waals surface area contributed by atoms with Gasteiger partial charge in [0.05, 0.1) is 19.1 Å². The second-order valence-electron chi connectivity index (χ2n) is 9.99. The van der Waals surface area contributed by atoms with Gasteiger partial charge in [0.2, 0.25) is 5.91 Å². The summed E-state index contributed by atoms with van der Waals surface area (Å²) in [5.41, 5.74) is 1.21. The van der Waals surface area contributed by atoms with Crippen LogP contribution in [0.2, 0.25) is 0 Å². The van der Waals surface area contributed by atoms with E-state index in [-0.39, 0.29) is 31.1 Å². The third kappa shape index (κ3) is 11.3. The Morgan fingerprint density at radius 3 is 2.41 bits per heavy atom. The fourth-order valence-corrected chi connectivity index (χ4v) is 3.76. The molecule has 0 aliphatic rings. The second kappa shape index (κ2) is 14.5. The smallest absolute Gasteiger partial charge is 0.408 e. The lowest BCUT2D eigenvalue weighted by molar-refractivity contribution is -0.143. The van der Waals surface area contributed by atoms with Crippen molar-refractivity contribution in [3.05, 3.63) is 53.6 Å². The van der Waals surface area contributed by atoms with Crippen LogP contribution in [-0.4, -0.2) is 51.1 Å². The van der Waals surface area contributed by atoms with E-state index in [0.717, 1.165) is 0 Å². The average molecular weight is 544 g/mol. The molecule has 2 radical (unpaired) electrons. The first-order valence-corrected chi connectivity index (χ1v) is 12.6. The van der Waals surface area contributed by atoms with Gasteiger partial charge in [-0.25, -0.2) is 13.6 Å². The fourth-order valence-electron chi connectivity index (χ4n) is 3.76. The highest BCUT2D eigenvalue weighted by Gasteiger charge is 2.24. The maximum atomic E-state index is 12.9. The summed E-state index contributed by atoms with van der Waals surface area (Å²) in [6, 6.07) is 10.6. The van der Waals surface area contributed by atoms with Crippen molar-refractivity contribution in [1.82, 2.24) is 5.32 Å². The first-order valence-electron chi connectivity index (χ1n) is 12.6. The monoisotopic (exact) mass is 544 g/mol. The van der Waals surface area contributed by atoms with Gasteiger partial charge >= 0.3 is 12.1 Å². The van der Waals surface area contributed by atoms with Gasteiger partial charge in [-0.05, 0) is 62.9 Å². The number of carbonyl (C=O) groups is 3. The number of hydrogen-bond donors (Lipinski definition) is 2. The summed E-state index contributed by atoms with van der Waals surface area (Å²) < 4.78 is 40.9. The minimum atomic E-state index is -2.64. The van der Waals surface area contributed by atoms with Crippen LogP contribution in [0.25, 0.3) is 0 Å². The molecule has 2 aromatic carbocycles. The van der Waals surface area contributed by atoms with Crippen molar-refractivity contribution in [3.8, 4) is 5.75 Å². The molecule has 0 saturated carbocycles. The molecule has 0 unspecified atom stereocenters. The number of amides is 2. The van der Waals surface area contributed by atoms with Gasteiger partial charge in [0.1, 0.15) is 25.8 Å². The Morgan fingerprint density at radius 2 is 1.77 bits per heavy atom. The molecule has 2 aromatic rings. The van der Waals surface area contributed by atoms with Crippen LogP contribution in [-0.2, 0) is 19.1 Å². The maximum Gasteiger partial charge on any atom is 0.408 e. The number of esters is 1. The highest BCUT2D eigenvalue weighted by atomic mass is 19.3. The maximum absolute atomic E-state index is 12.9. The average Bonchev–Trinajstić information content (AvgIpc) is 2.81. The van der Waals surface area contributed by atoms with Crippen LogP contribution in [0.1, 0.15) is 70.5 Å². The summed E-state index contributed by atoms with van der Waals surface area (Å²) >= 11 is 0. The number of alkyl halides is 2. The summed E-state index contributed by atoms with van der Waals surface area (Å²) in [5.74, 6) is -1.01. The van der Waals surface area contributed by atoms with Crippen molar-refractivity contribution in [2.24, 2.45) is 0 Å². The van der Waals surface area contributed by atoms with Crippen LogP contribution >= 0.6 is 0 Å². The molecule has 2 amide bonds. The lowest BCUT2D eigenvalue weighted by Crippen LogP contribution is -2.36. The van der Waals surface area contributed by atoms with Crippen LogP contribution in [0.15, 0.2) is 42.5 Å². The van der Waals surface area contributed by atoms with Crippen molar-refractivity contribution in [2.75, 3.05) is 18.5 Å². The van der Waals surface area contributed by atoms with E-state index in [1.807, 2.05) is 0 Å². The standard InChI is InChI=1S/C28H35BF2N2O6/c1-6-37-26(35)15-22(33-27(36)39-28(3,4)5)18-8-7-9-20(13-18)32-25(34)12-17(2)21-14-19(29)10-11-23(21)38-16-24(30)31/h7-11,13-14,17,22,24H,6,12,15-16H2,1-5H3,(H,32,34)(H,33,36)/t17-,22-/m1/s1. The molecule has 2 N–H and O–H groups in total. The Hall–Kier alpha value is -3.63. The van der Waals surface area contributed by atoms with E-state index in [1.54, 1.807) is 71.0 Å². The van der Waals surface area contributed by atoms with Crippen molar-refractivity contribution in [2.45, 2.75) is 71.4 Å². The summed E-state index contributed by atoms with van der Waals surface area (Å²) in [6.07, 6.45) is -3.47. The number of ether oxygens (including phenoxy) is 3. The minimum absolute atomic E-state index is 0.0150. The van der Waals surface area contributed by atoms with E-state index in [2.05, 4.69) is 10.6 Å². The van der Waals surface area contributed by atoms with Gasteiger partial charge in [-0.3, -0.25) is 9.59 Å². The normalized spacial score (nSPS) is 12.8. The Kier molecular flexibility index (Phi) is 11.8. The van der Waals surface area contributed by atoms with Crippen LogP contribution in [0.5, 0.6) is 5.75 Å². The Balaban J connectivity index is 2.16. The summed E-state index contributed by atoms with van der Waals surface area (Å²) in [4.78, 5) is 37.5. The molecule has 0 aliphatic heterocycles. The topological polar surface area (TPSA) is 103 Å². The van der Waals surface area contributed by atoms with Gasteiger partial charge in [-0.1, -0.05) is 36.7 Å². The highest BCUT2D eigenvalue weighted by Crippen LogP contribution is 2.29. The molecule has 39 heavy (non-hydrogen) atoms. The lowest BCUT2D eigenvalue weighted by Gasteiger charge is -2.24. The van der Waals surface area contributed by atoms with Crippen LogP contribution in [0.3, 0.4) is 0 Å². The van der Waals surface area contributed by atoms with Crippen LogP contribution in [0.4, 0.5) is 19.3 Å². The molecule has 0 bridgehead atoms. The molecule has 0 spiro atoms. The Bertz CT molecular complexity index is 1140. The number of alkyl carbamates (subject to hydrolysis) is 1. The minimum Gasteiger partial charge on any atom is -0.487 e. The number of anilines is 1. The number of hydrogen-bond acceptors (Lipinski definition) is 6. The number of nitrogens with one attached hydrogen (secondary N) is 2. The zero-order valence-corrected chi connectivity index (χ0v) is 22.9. The molecule has 0 aliphatic carbocycles. The molecule has 11 heteroatoms. The first kappa shape index (κ1) is 31.6. The highest BCUT2D eigenvalue weighted by molar-refractivity contribution is 6.32. The molecule has 8 nitrogen and oxygen atoms in total. The summed E-state index contributed by atoms with van der Waals surface area (Å²) in [6.45, 7) is 8.04. The quantitative estimate of drug-likeness (QED) is 0.295. The van der Waals surface area contributed by atoms with Gasteiger partial charge in [-0.15, -0.1) is 0 Å². The van der Waals surface area contributed by atoms with E-state index < -0.39 is 42.7 Å². The number of carbonyl (C=O) groups excluding carboxylic acids is 3. The van der Waals surface area contributed by atoms with E-state index >= 15 is 0 Å². The number of halogens is 2. The second-order valence-corrected chi connectivity index (χ2v) is 9.99. The largest absolute Gasteiger partial charge is 0.487 e. The predicted molar refractivity (Wildman–Crippen MR) is 145 cm³/mol. The molecule has 2 rings (SSSR count). The van der Waals surface area contributed by atoms with Gasteiger partial charge < -0.3 is 24.8 Å².